The Morgan fingerprint density at radius 3 is 2.78 bits per heavy atom. The number of aromatic nitrogens is 1. The number of fused-ring (bicyclic) bond motifs is 1. The van der Waals surface area contributed by atoms with Gasteiger partial charge in [0.2, 0.25) is 0 Å². The van der Waals surface area contributed by atoms with Crippen LogP contribution in [0.4, 0.5) is 0 Å². The van der Waals surface area contributed by atoms with Crippen LogP contribution in [0.1, 0.15) is 17.4 Å². The lowest BCUT2D eigenvalue weighted by Gasteiger charge is -2.13. The molecule has 0 atom stereocenters. The van der Waals surface area contributed by atoms with Gasteiger partial charge in [0.05, 0.1) is 18.0 Å². The summed E-state index contributed by atoms with van der Waals surface area (Å²) in [5, 5.41) is 0.569. The number of benzene rings is 1. The van der Waals surface area contributed by atoms with Crippen molar-refractivity contribution >= 4 is 29.5 Å². The van der Waals surface area contributed by atoms with Gasteiger partial charge in [-0.15, -0.1) is 0 Å². The molecular formula is C13H13NO3S. The molecule has 0 spiro atoms. The highest BCUT2D eigenvalue weighted by molar-refractivity contribution is 7.79. The highest BCUT2D eigenvalue weighted by atomic mass is 32.1. The summed E-state index contributed by atoms with van der Waals surface area (Å²) in [7, 11) is 0. The van der Waals surface area contributed by atoms with Crippen LogP contribution in [0.5, 0.6) is 0 Å². The highest BCUT2D eigenvalue weighted by Crippen LogP contribution is 2.14. The molecule has 1 aromatic carbocycles. The van der Waals surface area contributed by atoms with Crippen molar-refractivity contribution < 1.29 is 9.53 Å². The predicted molar refractivity (Wildman–Crippen MR) is 73.2 cm³/mol. The van der Waals surface area contributed by atoms with E-state index in [0.717, 1.165) is 0 Å². The lowest BCUT2D eigenvalue weighted by molar-refractivity contribution is 0.0514. The summed E-state index contributed by atoms with van der Waals surface area (Å²) in [6.07, 6.45) is 0. The van der Waals surface area contributed by atoms with E-state index in [4.69, 9.17) is 4.74 Å². The molecule has 0 fully saturated rings. The lowest BCUT2D eigenvalue weighted by atomic mass is 10.2. The third kappa shape index (κ3) is 2.13. The molecule has 0 aliphatic carbocycles. The van der Waals surface area contributed by atoms with E-state index >= 15 is 0 Å². The number of esters is 1. The maximum Gasteiger partial charge on any atom is 0.355 e. The summed E-state index contributed by atoms with van der Waals surface area (Å²) in [5.41, 5.74) is 0.727. The molecule has 1 aromatic heterocycles. The number of ether oxygens (including phenoxy) is 1. The number of nitrogens with zero attached hydrogens (tertiary/aromatic N) is 1. The molecule has 0 N–H and O–H groups in total. The van der Waals surface area contributed by atoms with E-state index in [9.17, 15) is 9.59 Å². The minimum absolute atomic E-state index is 0.188. The van der Waals surface area contributed by atoms with Crippen LogP contribution in [0.2, 0.25) is 0 Å². The number of hydrogen-bond acceptors (Lipinski definition) is 4. The van der Waals surface area contributed by atoms with Crippen molar-refractivity contribution in [2.24, 2.45) is 0 Å². The van der Waals surface area contributed by atoms with Crippen molar-refractivity contribution in [3.63, 3.8) is 0 Å². The average molecular weight is 263 g/mol. The van der Waals surface area contributed by atoms with E-state index in [2.05, 4.69) is 12.6 Å². The SMILES string of the molecule is CCOC(=O)c1cc(=O)c2ccccc2n1CS. The first-order valence-electron chi connectivity index (χ1n) is 5.59. The molecule has 0 unspecified atom stereocenters. The number of thiol groups is 1. The Hall–Kier alpha value is -1.75. The molecule has 2 rings (SSSR count). The van der Waals surface area contributed by atoms with Crippen molar-refractivity contribution in [1.29, 1.82) is 0 Å². The predicted octanol–water partition coefficient (Wildman–Crippen LogP) is 2.07. The monoisotopic (exact) mass is 263 g/mol. The van der Waals surface area contributed by atoms with Gasteiger partial charge in [-0.25, -0.2) is 4.79 Å². The fourth-order valence-electron chi connectivity index (χ4n) is 1.85. The maximum atomic E-state index is 11.9. The second kappa shape index (κ2) is 5.27. The number of carbonyl (C=O) groups is 1. The molecule has 4 nitrogen and oxygen atoms in total. The van der Waals surface area contributed by atoms with Crippen LogP contribution in [0.3, 0.4) is 0 Å². The van der Waals surface area contributed by atoms with Gasteiger partial charge >= 0.3 is 5.97 Å². The first kappa shape index (κ1) is 12.7. The number of hydrogen-bond donors (Lipinski definition) is 1. The zero-order valence-electron chi connectivity index (χ0n) is 9.92. The Kier molecular flexibility index (Phi) is 3.72. The van der Waals surface area contributed by atoms with E-state index in [-0.39, 0.29) is 17.7 Å². The van der Waals surface area contributed by atoms with Crippen molar-refractivity contribution in [3.8, 4) is 0 Å². The molecule has 0 aliphatic heterocycles. The van der Waals surface area contributed by atoms with Gasteiger partial charge in [0.25, 0.3) is 0 Å². The van der Waals surface area contributed by atoms with Gasteiger partial charge in [-0.1, -0.05) is 12.1 Å². The van der Waals surface area contributed by atoms with Crippen LogP contribution in [-0.2, 0) is 10.6 Å². The van der Waals surface area contributed by atoms with Gasteiger partial charge in [-0.2, -0.15) is 12.6 Å². The van der Waals surface area contributed by atoms with Crippen LogP contribution in [-0.4, -0.2) is 17.1 Å². The van der Waals surface area contributed by atoms with E-state index in [1.807, 2.05) is 6.07 Å². The zero-order valence-corrected chi connectivity index (χ0v) is 10.8. The smallest absolute Gasteiger partial charge is 0.355 e. The molecule has 0 bridgehead atoms. The maximum absolute atomic E-state index is 11.9. The number of carbonyl (C=O) groups excluding carboxylic acids is 1. The molecule has 94 valence electrons. The van der Waals surface area contributed by atoms with Crippen LogP contribution >= 0.6 is 12.6 Å². The van der Waals surface area contributed by atoms with Crippen molar-refractivity contribution in [1.82, 2.24) is 4.57 Å². The van der Waals surface area contributed by atoms with Crippen LogP contribution < -0.4 is 5.43 Å². The quantitative estimate of drug-likeness (QED) is 0.681. The zero-order chi connectivity index (χ0) is 13.1. The molecule has 1 heterocycles. The van der Waals surface area contributed by atoms with Gasteiger partial charge < -0.3 is 9.30 Å². The number of rotatable bonds is 3. The Morgan fingerprint density at radius 2 is 2.11 bits per heavy atom. The fourth-order valence-corrected chi connectivity index (χ4v) is 2.16. The Morgan fingerprint density at radius 1 is 1.39 bits per heavy atom. The van der Waals surface area contributed by atoms with Crippen molar-refractivity contribution in [3.05, 3.63) is 46.2 Å². The standard InChI is InChI=1S/C13H13NO3S/c1-2-17-13(16)11-7-12(15)9-5-3-4-6-10(9)14(11)8-18/h3-7,18H,2,8H2,1H3. The van der Waals surface area contributed by atoms with Crippen LogP contribution in [0, 0.1) is 0 Å². The Balaban J connectivity index is 2.75. The van der Waals surface area contributed by atoms with E-state index in [1.54, 1.807) is 29.7 Å². The molecule has 0 saturated heterocycles. The molecule has 5 heteroatoms. The Bertz CT molecular complexity index is 648. The second-order valence-electron chi connectivity index (χ2n) is 3.70. The first-order chi connectivity index (χ1) is 8.69. The number of para-hydroxylation sites is 1. The Labute approximate surface area is 110 Å². The summed E-state index contributed by atoms with van der Waals surface area (Å²) in [6.45, 7) is 1.99. The first-order valence-corrected chi connectivity index (χ1v) is 6.22. The van der Waals surface area contributed by atoms with E-state index in [0.29, 0.717) is 16.8 Å². The second-order valence-corrected chi connectivity index (χ2v) is 3.98. The molecule has 18 heavy (non-hydrogen) atoms. The minimum Gasteiger partial charge on any atom is -0.461 e. The molecule has 2 aromatic rings. The summed E-state index contributed by atoms with van der Waals surface area (Å²) >= 11 is 4.21. The van der Waals surface area contributed by atoms with Gasteiger partial charge in [0.15, 0.2) is 5.43 Å². The summed E-state index contributed by atoms with van der Waals surface area (Å²) in [6, 6.07) is 8.42. The molecule has 0 amide bonds. The molecule has 0 aliphatic rings. The molecule has 0 radical (unpaired) electrons. The van der Waals surface area contributed by atoms with E-state index in [1.165, 1.54) is 6.07 Å². The van der Waals surface area contributed by atoms with E-state index < -0.39 is 5.97 Å². The molecular weight excluding hydrogens is 250 g/mol. The molecule has 0 saturated carbocycles. The van der Waals surface area contributed by atoms with Gasteiger partial charge in [0, 0.05) is 11.5 Å². The lowest BCUT2D eigenvalue weighted by Crippen LogP contribution is -2.19. The average Bonchev–Trinajstić information content (AvgIpc) is 2.39. The fraction of sp³-hybridized carbons (Fsp3) is 0.231. The minimum atomic E-state index is -0.505. The number of pyridine rings is 1. The summed E-state index contributed by atoms with van der Waals surface area (Å²) < 4.78 is 6.61. The van der Waals surface area contributed by atoms with Crippen molar-refractivity contribution in [2.75, 3.05) is 6.61 Å². The van der Waals surface area contributed by atoms with Gasteiger partial charge in [-0.05, 0) is 19.1 Å². The van der Waals surface area contributed by atoms with Gasteiger partial charge in [0.1, 0.15) is 5.69 Å². The largest absolute Gasteiger partial charge is 0.461 e. The summed E-state index contributed by atoms with van der Waals surface area (Å²) in [5.74, 6) is -0.205. The topological polar surface area (TPSA) is 48.3 Å². The normalized spacial score (nSPS) is 10.6. The summed E-state index contributed by atoms with van der Waals surface area (Å²) in [4.78, 5) is 23.7. The van der Waals surface area contributed by atoms with Crippen LogP contribution in [0.25, 0.3) is 10.9 Å². The van der Waals surface area contributed by atoms with Gasteiger partial charge in [-0.3, -0.25) is 4.79 Å². The van der Waals surface area contributed by atoms with Crippen LogP contribution in [0.15, 0.2) is 35.1 Å². The highest BCUT2D eigenvalue weighted by Gasteiger charge is 2.15. The third-order valence-corrected chi connectivity index (χ3v) is 2.93. The third-order valence-electron chi connectivity index (χ3n) is 2.64. The van der Waals surface area contributed by atoms with Crippen molar-refractivity contribution in [2.45, 2.75) is 12.8 Å².